The molecule has 1 amide bonds. The Kier molecular flexibility index (Phi) is 52.6. The summed E-state index contributed by atoms with van der Waals surface area (Å²) in [6, 6.07) is -1.03. The largest absolute Gasteiger partial charge is 0.454 e. The van der Waals surface area contributed by atoms with Crippen LogP contribution in [-0.4, -0.2) is 99.6 Å². The molecule has 0 aromatic rings. The number of hydrogen-bond acceptors (Lipinski definition) is 10. The molecule has 0 radical (unpaired) electrons. The molecule has 1 aliphatic heterocycles. The predicted octanol–water partition coefficient (Wildman–Crippen LogP) is 16.2. The highest BCUT2D eigenvalue weighted by Crippen LogP contribution is 2.26. The van der Waals surface area contributed by atoms with Crippen LogP contribution in [0.15, 0.2) is 60.8 Å². The molecule has 11 nitrogen and oxygen atoms in total. The summed E-state index contributed by atoms with van der Waals surface area (Å²) in [4.78, 5) is 26.6. The van der Waals surface area contributed by atoms with Gasteiger partial charge in [-0.2, -0.15) is 0 Å². The van der Waals surface area contributed by atoms with Crippen LogP contribution in [-0.2, 0) is 23.8 Å². The number of carbonyl (C=O) groups excluding carboxylic acids is 2. The Morgan fingerprint density at radius 3 is 1.37 bits per heavy atom. The van der Waals surface area contributed by atoms with Crippen molar-refractivity contribution in [3.05, 3.63) is 60.8 Å². The maximum Gasteiger partial charge on any atom is 0.306 e. The third-order valence-corrected chi connectivity index (χ3v) is 15.5. The lowest BCUT2D eigenvalue weighted by Crippen LogP contribution is -2.61. The van der Waals surface area contributed by atoms with Gasteiger partial charge in [-0.1, -0.05) is 306 Å². The molecule has 460 valence electrons. The molecule has 1 fully saturated rings. The minimum absolute atomic E-state index is 0.0971. The lowest BCUT2D eigenvalue weighted by molar-refractivity contribution is -0.305. The van der Waals surface area contributed by atoms with E-state index in [2.05, 4.69) is 44.3 Å². The van der Waals surface area contributed by atoms with Crippen LogP contribution in [0, 0.1) is 0 Å². The van der Waals surface area contributed by atoms with E-state index in [-0.39, 0.29) is 13.0 Å². The number of esters is 1. The fourth-order valence-electron chi connectivity index (χ4n) is 10.3. The van der Waals surface area contributed by atoms with Crippen LogP contribution in [0.25, 0.3) is 0 Å². The van der Waals surface area contributed by atoms with Crippen molar-refractivity contribution < 1.29 is 49.3 Å². The van der Waals surface area contributed by atoms with Gasteiger partial charge in [0.05, 0.1) is 25.4 Å². The molecular formula is C68H123NO10. The van der Waals surface area contributed by atoms with Gasteiger partial charge >= 0.3 is 5.97 Å². The molecule has 0 saturated carbocycles. The smallest absolute Gasteiger partial charge is 0.306 e. The Balaban J connectivity index is 2.63. The number of aliphatic hydroxyl groups excluding tert-OH is 5. The molecule has 0 spiro atoms. The third-order valence-electron chi connectivity index (χ3n) is 15.5. The zero-order valence-electron chi connectivity index (χ0n) is 51.0. The van der Waals surface area contributed by atoms with Gasteiger partial charge in [0, 0.05) is 6.42 Å². The number of rotatable bonds is 56. The van der Waals surface area contributed by atoms with Crippen LogP contribution in [0.3, 0.4) is 0 Å². The molecule has 8 atom stereocenters. The molecule has 6 N–H and O–H groups in total. The minimum Gasteiger partial charge on any atom is -0.454 e. The number of unbranched alkanes of at least 4 members (excludes halogenated alkanes) is 37. The van der Waals surface area contributed by atoms with Gasteiger partial charge in [-0.25, -0.2) is 0 Å². The van der Waals surface area contributed by atoms with Crippen molar-refractivity contribution in [3.8, 4) is 0 Å². The second-order valence-electron chi connectivity index (χ2n) is 22.9. The molecule has 1 heterocycles. The topological polar surface area (TPSA) is 175 Å². The quantitative estimate of drug-likeness (QED) is 0.0149. The summed E-state index contributed by atoms with van der Waals surface area (Å²) in [6.45, 7) is 5.67. The molecular weight excluding hydrogens is 991 g/mol. The second-order valence-corrected chi connectivity index (χ2v) is 22.9. The number of amides is 1. The molecule has 0 aliphatic carbocycles. The molecule has 0 aromatic carbocycles. The Bertz CT molecular complexity index is 1510. The van der Waals surface area contributed by atoms with Crippen LogP contribution in [0.4, 0.5) is 0 Å². The first-order chi connectivity index (χ1) is 38.7. The van der Waals surface area contributed by atoms with Gasteiger partial charge in [0.1, 0.15) is 24.4 Å². The Morgan fingerprint density at radius 1 is 0.506 bits per heavy atom. The summed E-state index contributed by atoms with van der Waals surface area (Å²) in [6.07, 6.45) is 59.8. The Hall–Kier alpha value is -2.64. The average molecular weight is 1110 g/mol. The van der Waals surface area contributed by atoms with Gasteiger partial charge in [0.2, 0.25) is 5.91 Å². The zero-order chi connectivity index (χ0) is 57.5. The summed E-state index contributed by atoms with van der Waals surface area (Å²) in [5, 5.41) is 57.1. The highest BCUT2D eigenvalue weighted by atomic mass is 16.7. The second kappa shape index (κ2) is 55.9. The van der Waals surface area contributed by atoms with E-state index < -0.39 is 67.4 Å². The van der Waals surface area contributed by atoms with Crippen LogP contribution in [0.1, 0.15) is 297 Å². The minimum atomic E-state index is -1.62. The highest BCUT2D eigenvalue weighted by Gasteiger charge is 2.47. The molecule has 8 unspecified atom stereocenters. The number of ether oxygens (including phenoxy) is 3. The van der Waals surface area contributed by atoms with Gasteiger partial charge in [-0.15, -0.1) is 0 Å². The van der Waals surface area contributed by atoms with Crippen LogP contribution >= 0.6 is 0 Å². The van der Waals surface area contributed by atoms with E-state index in [9.17, 15) is 35.1 Å². The number of allylic oxidation sites excluding steroid dienone is 9. The van der Waals surface area contributed by atoms with E-state index in [1.165, 1.54) is 173 Å². The van der Waals surface area contributed by atoms with Crippen LogP contribution < -0.4 is 5.32 Å². The first kappa shape index (κ1) is 74.4. The third kappa shape index (κ3) is 43.7. The molecule has 0 aromatic heterocycles. The summed E-state index contributed by atoms with van der Waals surface area (Å²) in [5.41, 5.74) is 0. The van der Waals surface area contributed by atoms with Gasteiger partial charge in [-0.05, 0) is 44.9 Å². The van der Waals surface area contributed by atoms with Crippen molar-refractivity contribution in [2.24, 2.45) is 0 Å². The summed E-state index contributed by atoms with van der Waals surface area (Å²) >= 11 is 0. The van der Waals surface area contributed by atoms with E-state index in [1.54, 1.807) is 6.08 Å². The molecule has 1 aliphatic rings. The molecule has 79 heavy (non-hydrogen) atoms. The maximum atomic E-state index is 13.5. The standard InChI is InChI=1S/C68H123NO10/c1-4-7-10-13-16-19-22-25-27-28-29-30-31-32-33-35-37-40-43-46-49-52-55-61(72)67(76)69-59(60(71)54-51-48-45-42-39-36-24-21-18-15-12-9-6-3)58-77-68-66(65(75)64(74)62(57-70)78-68)79-63(73)56-53-50-47-44-41-38-34-26-23-20-17-14-11-8-5-2/h8,11,14,17,20,23,26,34,51,54,59-62,64-66,68,70-72,74-75H,4-7,9-10,12-13,15-16,18-19,21-22,24-25,27-33,35-50,52-53,55-58H2,1-3H3,(H,69,76)/b11-8+,17-14+,23-20+,34-26-,54-51+. The fourth-order valence-corrected chi connectivity index (χ4v) is 10.3. The average Bonchev–Trinajstić information content (AvgIpc) is 3.50. The zero-order valence-corrected chi connectivity index (χ0v) is 51.0. The summed E-state index contributed by atoms with van der Waals surface area (Å²) < 4.78 is 17.6. The molecule has 1 saturated heterocycles. The van der Waals surface area contributed by atoms with E-state index in [1.807, 2.05) is 36.5 Å². The lowest BCUT2D eigenvalue weighted by Gasteiger charge is -2.41. The summed E-state index contributed by atoms with van der Waals surface area (Å²) in [7, 11) is 0. The van der Waals surface area contributed by atoms with Crippen molar-refractivity contribution in [3.63, 3.8) is 0 Å². The van der Waals surface area contributed by atoms with Gasteiger partial charge in [-0.3, -0.25) is 9.59 Å². The highest BCUT2D eigenvalue weighted by molar-refractivity contribution is 5.80. The lowest BCUT2D eigenvalue weighted by atomic mass is 9.99. The van der Waals surface area contributed by atoms with Gasteiger partial charge in [0.15, 0.2) is 12.4 Å². The Morgan fingerprint density at radius 2 is 0.911 bits per heavy atom. The number of aliphatic hydroxyl groups is 5. The first-order valence-electron chi connectivity index (χ1n) is 33.1. The van der Waals surface area contributed by atoms with E-state index >= 15 is 0 Å². The first-order valence-corrected chi connectivity index (χ1v) is 33.1. The van der Waals surface area contributed by atoms with Crippen molar-refractivity contribution in [1.29, 1.82) is 0 Å². The SMILES string of the molecule is CC/C=C/C=C/C=C/C=C\CCCCCCCC(=O)OC1C(OCC(NC(=O)C(O)CCCCCCCCCCCCCCCCCCCCCCCC)C(O)/C=C/CCCCCCCCCCCCC)OC(CO)C(O)C1O. The number of hydrogen-bond donors (Lipinski definition) is 6. The van der Waals surface area contributed by atoms with Gasteiger partial charge in [0.25, 0.3) is 0 Å². The molecule has 1 rings (SSSR count). The van der Waals surface area contributed by atoms with Crippen LogP contribution in [0.2, 0.25) is 0 Å². The number of carbonyl (C=O) groups is 2. The Labute approximate surface area is 484 Å². The van der Waals surface area contributed by atoms with Crippen LogP contribution in [0.5, 0.6) is 0 Å². The van der Waals surface area contributed by atoms with Gasteiger partial charge < -0.3 is 45.1 Å². The monoisotopic (exact) mass is 1110 g/mol. The van der Waals surface area contributed by atoms with Crippen molar-refractivity contribution in [2.75, 3.05) is 13.2 Å². The van der Waals surface area contributed by atoms with Crippen molar-refractivity contribution in [2.45, 2.75) is 346 Å². The van der Waals surface area contributed by atoms with Crippen molar-refractivity contribution >= 4 is 11.9 Å². The predicted molar refractivity (Wildman–Crippen MR) is 329 cm³/mol. The fraction of sp³-hybridized carbons (Fsp3) is 0.824. The van der Waals surface area contributed by atoms with Crippen molar-refractivity contribution in [1.82, 2.24) is 5.32 Å². The summed E-state index contributed by atoms with van der Waals surface area (Å²) in [5.74, 6) is -1.21. The van der Waals surface area contributed by atoms with E-state index in [0.29, 0.717) is 19.3 Å². The maximum absolute atomic E-state index is 13.5. The molecule has 0 bridgehead atoms. The van der Waals surface area contributed by atoms with E-state index in [4.69, 9.17) is 14.2 Å². The number of nitrogens with one attached hydrogen (secondary N) is 1. The van der Waals surface area contributed by atoms with E-state index in [0.717, 1.165) is 77.0 Å². The molecule has 11 heteroatoms. The normalized spacial score (nSPS) is 19.2.